The zero-order valence-corrected chi connectivity index (χ0v) is 11.8. The van der Waals surface area contributed by atoms with E-state index in [-0.39, 0.29) is 5.78 Å². The molecule has 100 valence electrons. The summed E-state index contributed by atoms with van der Waals surface area (Å²) in [6.07, 6.45) is 1.54. The second-order valence-electron chi connectivity index (χ2n) is 4.76. The third kappa shape index (κ3) is 4.49. The minimum Gasteiger partial charge on any atom is -0.496 e. The summed E-state index contributed by atoms with van der Waals surface area (Å²) >= 11 is 0. The molecule has 1 rings (SSSR count). The maximum absolute atomic E-state index is 10.8. The number of carbonyl (C=O) groups excluding carboxylic acids is 1. The zero-order chi connectivity index (χ0) is 13.5. The molecule has 0 spiro atoms. The fourth-order valence-corrected chi connectivity index (χ4v) is 2.15. The first kappa shape index (κ1) is 14.7. The first-order chi connectivity index (χ1) is 8.54. The van der Waals surface area contributed by atoms with Crippen molar-refractivity contribution in [2.75, 3.05) is 13.7 Å². The molecule has 1 aromatic rings. The summed E-state index contributed by atoms with van der Waals surface area (Å²) in [6.45, 7) is 7.42. The lowest BCUT2D eigenvalue weighted by atomic mass is 10.1. The lowest BCUT2D eigenvalue weighted by molar-refractivity contribution is -0.117. The highest BCUT2D eigenvalue weighted by atomic mass is 16.5. The van der Waals surface area contributed by atoms with Crippen molar-refractivity contribution in [1.82, 2.24) is 5.32 Å². The normalized spacial score (nSPS) is 10.4. The average molecular weight is 249 g/mol. The Morgan fingerprint density at radius 3 is 2.67 bits per heavy atom. The van der Waals surface area contributed by atoms with Gasteiger partial charge in [0, 0.05) is 18.5 Å². The van der Waals surface area contributed by atoms with Gasteiger partial charge >= 0.3 is 0 Å². The van der Waals surface area contributed by atoms with Crippen LogP contribution in [0.4, 0.5) is 0 Å². The first-order valence-corrected chi connectivity index (χ1v) is 6.39. The van der Waals surface area contributed by atoms with Crippen LogP contribution in [-0.4, -0.2) is 19.4 Å². The molecule has 1 aromatic carbocycles. The largest absolute Gasteiger partial charge is 0.496 e. The Morgan fingerprint density at radius 1 is 1.33 bits per heavy atom. The number of nitrogens with one attached hydrogen (secondary N) is 1. The van der Waals surface area contributed by atoms with Crippen molar-refractivity contribution in [3.8, 4) is 5.75 Å². The predicted molar refractivity (Wildman–Crippen MR) is 74.1 cm³/mol. The molecule has 18 heavy (non-hydrogen) atoms. The summed E-state index contributed by atoms with van der Waals surface area (Å²) < 4.78 is 5.43. The number of hydrogen-bond donors (Lipinski definition) is 1. The summed E-state index contributed by atoms with van der Waals surface area (Å²) in [5.41, 5.74) is 3.59. The Kier molecular flexibility index (Phi) is 5.86. The smallest absolute Gasteiger partial charge is 0.129 e. The highest BCUT2D eigenvalue weighted by Crippen LogP contribution is 2.24. The van der Waals surface area contributed by atoms with Gasteiger partial charge in [-0.2, -0.15) is 0 Å². The highest BCUT2D eigenvalue weighted by molar-refractivity contribution is 5.75. The van der Waals surface area contributed by atoms with Crippen LogP contribution in [-0.2, 0) is 11.3 Å². The number of carbonyl (C=O) groups is 1. The van der Waals surface area contributed by atoms with Crippen LogP contribution in [0, 0.1) is 13.8 Å². The molecule has 0 fully saturated rings. The van der Waals surface area contributed by atoms with E-state index in [2.05, 4.69) is 31.3 Å². The van der Waals surface area contributed by atoms with Crippen LogP contribution in [0.1, 0.15) is 36.5 Å². The minimum absolute atomic E-state index is 0.251. The SMILES string of the molecule is COc1c(C)cc(C)cc1CNCCCC(C)=O. The molecule has 0 amide bonds. The average Bonchev–Trinajstić information content (AvgIpc) is 2.27. The van der Waals surface area contributed by atoms with Gasteiger partial charge in [-0.15, -0.1) is 0 Å². The topological polar surface area (TPSA) is 38.3 Å². The van der Waals surface area contributed by atoms with Gasteiger partial charge in [0.1, 0.15) is 11.5 Å². The lowest BCUT2D eigenvalue weighted by Crippen LogP contribution is -2.16. The van der Waals surface area contributed by atoms with Crippen molar-refractivity contribution in [2.24, 2.45) is 0 Å². The third-order valence-electron chi connectivity index (χ3n) is 2.90. The summed E-state index contributed by atoms with van der Waals surface area (Å²) in [4.78, 5) is 10.8. The van der Waals surface area contributed by atoms with Crippen LogP contribution in [0.2, 0.25) is 0 Å². The van der Waals surface area contributed by atoms with Gasteiger partial charge in [-0.05, 0) is 39.3 Å². The van der Waals surface area contributed by atoms with Crippen LogP contribution >= 0.6 is 0 Å². The molecule has 0 radical (unpaired) electrons. The number of methoxy groups -OCH3 is 1. The van der Waals surface area contributed by atoms with E-state index in [0.29, 0.717) is 6.42 Å². The summed E-state index contributed by atoms with van der Waals surface area (Å²) in [5, 5.41) is 3.35. The lowest BCUT2D eigenvalue weighted by Gasteiger charge is -2.13. The van der Waals surface area contributed by atoms with Crippen LogP contribution in [0.25, 0.3) is 0 Å². The fourth-order valence-electron chi connectivity index (χ4n) is 2.15. The maximum atomic E-state index is 10.8. The van der Waals surface area contributed by atoms with Crippen LogP contribution < -0.4 is 10.1 Å². The van der Waals surface area contributed by atoms with Crippen molar-refractivity contribution in [1.29, 1.82) is 0 Å². The number of rotatable bonds is 7. The molecule has 0 aromatic heterocycles. The number of benzene rings is 1. The Labute approximate surface area is 110 Å². The van der Waals surface area contributed by atoms with Gasteiger partial charge in [-0.3, -0.25) is 0 Å². The molecule has 0 atom stereocenters. The van der Waals surface area contributed by atoms with Gasteiger partial charge in [0.05, 0.1) is 7.11 Å². The van der Waals surface area contributed by atoms with Gasteiger partial charge in [-0.1, -0.05) is 17.7 Å². The Morgan fingerprint density at radius 2 is 2.06 bits per heavy atom. The molecule has 0 unspecified atom stereocenters. The molecular weight excluding hydrogens is 226 g/mol. The van der Waals surface area contributed by atoms with E-state index in [9.17, 15) is 4.79 Å². The van der Waals surface area contributed by atoms with Gasteiger partial charge in [-0.25, -0.2) is 0 Å². The van der Waals surface area contributed by atoms with Gasteiger partial charge in [0.2, 0.25) is 0 Å². The van der Waals surface area contributed by atoms with Gasteiger partial charge in [0.15, 0.2) is 0 Å². The molecule has 3 nitrogen and oxygen atoms in total. The van der Waals surface area contributed by atoms with Crippen LogP contribution in [0.15, 0.2) is 12.1 Å². The molecule has 0 saturated carbocycles. The Bertz CT molecular complexity index is 413. The van der Waals surface area contributed by atoms with E-state index in [1.165, 1.54) is 11.1 Å². The van der Waals surface area contributed by atoms with E-state index in [0.717, 1.165) is 30.8 Å². The maximum Gasteiger partial charge on any atom is 0.129 e. The number of Topliss-reactive ketones (excluding diaryl/α,β-unsaturated/α-hetero) is 1. The second-order valence-corrected chi connectivity index (χ2v) is 4.76. The zero-order valence-electron chi connectivity index (χ0n) is 11.8. The third-order valence-corrected chi connectivity index (χ3v) is 2.90. The molecule has 3 heteroatoms. The second kappa shape index (κ2) is 7.17. The highest BCUT2D eigenvalue weighted by Gasteiger charge is 2.06. The number of aryl methyl sites for hydroxylation is 2. The number of ketones is 1. The molecule has 0 saturated heterocycles. The van der Waals surface area contributed by atoms with Crippen LogP contribution in [0.3, 0.4) is 0 Å². The van der Waals surface area contributed by atoms with Crippen molar-refractivity contribution in [2.45, 2.75) is 40.2 Å². The molecule has 1 N–H and O–H groups in total. The van der Waals surface area contributed by atoms with E-state index >= 15 is 0 Å². The standard InChI is InChI=1S/C15H23NO2/c1-11-8-12(2)15(18-4)14(9-11)10-16-7-5-6-13(3)17/h8-9,16H,5-7,10H2,1-4H3. The first-order valence-electron chi connectivity index (χ1n) is 6.39. The van der Waals surface area contributed by atoms with E-state index in [4.69, 9.17) is 4.74 Å². The van der Waals surface area contributed by atoms with E-state index < -0.39 is 0 Å². The molecule has 0 heterocycles. The van der Waals surface area contributed by atoms with Crippen molar-refractivity contribution in [3.05, 3.63) is 28.8 Å². The Hall–Kier alpha value is -1.35. The quantitative estimate of drug-likeness (QED) is 0.755. The summed E-state index contributed by atoms with van der Waals surface area (Å²) in [6, 6.07) is 4.27. The predicted octanol–water partition coefficient (Wildman–Crippen LogP) is 2.77. The Balaban J connectivity index is 2.53. The van der Waals surface area contributed by atoms with E-state index in [1.54, 1.807) is 14.0 Å². The number of hydrogen-bond acceptors (Lipinski definition) is 3. The molecule has 0 bridgehead atoms. The molecular formula is C15H23NO2. The molecule has 0 aliphatic carbocycles. The van der Waals surface area contributed by atoms with Crippen molar-refractivity contribution < 1.29 is 9.53 Å². The van der Waals surface area contributed by atoms with E-state index in [1.807, 2.05) is 0 Å². The minimum atomic E-state index is 0.251. The van der Waals surface area contributed by atoms with Gasteiger partial charge < -0.3 is 14.8 Å². The van der Waals surface area contributed by atoms with Crippen LogP contribution in [0.5, 0.6) is 5.75 Å². The monoisotopic (exact) mass is 249 g/mol. The van der Waals surface area contributed by atoms with Crippen molar-refractivity contribution >= 4 is 5.78 Å². The molecule has 0 aliphatic rings. The molecule has 0 aliphatic heterocycles. The van der Waals surface area contributed by atoms with Crippen molar-refractivity contribution in [3.63, 3.8) is 0 Å². The number of ether oxygens (including phenoxy) is 1. The summed E-state index contributed by atoms with van der Waals surface area (Å²) in [5.74, 6) is 1.21. The summed E-state index contributed by atoms with van der Waals surface area (Å²) in [7, 11) is 1.71. The van der Waals surface area contributed by atoms with Gasteiger partial charge in [0.25, 0.3) is 0 Å². The fraction of sp³-hybridized carbons (Fsp3) is 0.533.